The third-order valence-corrected chi connectivity index (χ3v) is 5.00. The Morgan fingerprint density at radius 3 is 2.58 bits per heavy atom. The predicted octanol–water partition coefficient (Wildman–Crippen LogP) is 2.39. The molecule has 0 aliphatic carbocycles. The molecule has 2 heterocycles. The van der Waals surface area contributed by atoms with Gasteiger partial charge < -0.3 is 14.7 Å². The van der Waals surface area contributed by atoms with Crippen molar-refractivity contribution in [2.75, 3.05) is 26.2 Å². The minimum atomic E-state index is -1.03. The van der Waals surface area contributed by atoms with Crippen molar-refractivity contribution in [1.82, 2.24) is 4.90 Å². The lowest BCUT2D eigenvalue weighted by atomic mass is 9.78. The molecule has 2 aliphatic heterocycles. The predicted molar refractivity (Wildman–Crippen MR) is 90.4 cm³/mol. The Labute approximate surface area is 141 Å². The molecule has 24 heavy (non-hydrogen) atoms. The fourth-order valence-corrected chi connectivity index (χ4v) is 3.40. The second-order valence-electron chi connectivity index (χ2n) is 6.56. The quantitative estimate of drug-likeness (QED) is 0.493. The Kier molecular flexibility index (Phi) is 5.00. The van der Waals surface area contributed by atoms with Gasteiger partial charge in [0.15, 0.2) is 5.78 Å². The topological polar surface area (TPSA) is 66.8 Å². The molecule has 1 atom stereocenters. The zero-order valence-electron chi connectivity index (χ0n) is 13.7. The zero-order chi connectivity index (χ0) is 17.0. The van der Waals surface area contributed by atoms with Gasteiger partial charge in [-0.25, -0.2) is 0 Å². The maximum Gasteiger partial charge on any atom is 0.320 e. The number of rotatable bonds is 6. The Morgan fingerprint density at radius 2 is 1.96 bits per heavy atom. The number of cyclic esters (lactones) is 1. The van der Waals surface area contributed by atoms with E-state index in [0.717, 1.165) is 25.2 Å². The number of likely N-dealkylation sites (tertiary alicyclic amines) is 1. The number of allylic oxidation sites excluding steroid dienone is 1. The molecule has 0 radical (unpaired) electrons. The summed E-state index contributed by atoms with van der Waals surface area (Å²) in [5, 5.41) is 9.30. The maximum absolute atomic E-state index is 12.8. The summed E-state index contributed by atoms with van der Waals surface area (Å²) in [5.41, 5.74) is -0.224. The first-order valence-electron chi connectivity index (χ1n) is 8.51. The second-order valence-corrected chi connectivity index (χ2v) is 6.56. The number of carbonyl (C=O) groups is 2. The number of carbonyl (C=O) groups excluding carboxylic acids is 2. The molecule has 0 aromatic heterocycles. The molecule has 2 fully saturated rings. The molecule has 1 aromatic rings. The summed E-state index contributed by atoms with van der Waals surface area (Å²) in [6.45, 7) is 3.16. The Hall–Kier alpha value is -2.14. The monoisotopic (exact) mass is 329 g/mol. The number of hydrogen-bond donors (Lipinski definition) is 1. The molecule has 0 spiro atoms. The largest absolute Gasteiger partial charge is 0.508 e. The van der Waals surface area contributed by atoms with Crippen LogP contribution in [0.4, 0.5) is 0 Å². The maximum atomic E-state index is 12.8. The number of aromatic hydroxyl groups is 1. The van der Waals surface area contributed by atoms with E-state index in [1.54, 1.807) is 30.3 Å². The molecule has 5 heteroatoms. The highest BCUT2D eigenvalue weighted by atomic mass is 16.5. The molecule has 2 saturated heterocycles. The molecule has 5 nitrogen and oxygen atoms in total. The first-order valence-corrected chi connectivity index (χ1v) is 8.51. The number of nitrogens with zero attached hydrogens (tertiary/aromatic N) is 1. The number of ether oxygens (including phenoxy) is 1. The van der Waals surface area contributed by atoms with Gasteiger partial charge in [-0.05, 0) is 62.7 Å². The van der Waals surface area contributed by atoms with Crippen molar-refractivity contribution in [3.63, 3.8) is 0 Å². The van der Waals surface area contributed by atoms with Crippen LogP contribution in [0, 0.1) is 5.41 Å². The van der Waals surface area contributed by atoms with E-state index in [9.17, 15) is 14.7 Å². The molecule has 1 aromatic carbocycles. The van der Waals surface area contributed by atoms with E-state index in [1.807, 2.05) is 0 Å². The van der Waals surface area contributed by atoms with Crippen LogP contribution in [-0.2, 0) is 14.3 Å². The van der Waals surface area contributed by atoms with Crippen molar-refractivity contribution in [3.8, 4) is 5.75 Å². The van der Waals surface area contributed by atoms with Crippen LogP contribution in [0.1, 0.15) is 31.2 Å². The lowest BCUT2D eigenvalue weighted by molar-refractivity contribution is -0.150. The summed E-state index contributed by atoms with van der Waals surface area (Å²) in [6, 6.07) is 6.58. The van der Waals surface area contributed by atoms with Crippen molar-refractivity contribution >= 4 is 17.8 Å². The highest BCUT2D eigenvalue weighted by Gasteiger charge is 2.49. The molecule has 1 unspecified atom stereocenters. The van der Waals surface area contributed by atoms with Crippen LogP contribution < -0.4 is 0 Å². The molecule has 2 aliphatic rings. The summed E-state index contributed by atoms with van der Waals surface area (Å²) in [5.74, 6) is -0.390. The number of phenolic OH excluding ortho intramolecular Hbond substituents is 1. The first kappa shape index (κ1) is 16.7. The SMILES string of the molecule is O=C(/C=C/c1ccc(O)cc1)C1(CCN2CCCC2)CCOC1=O. The molecule has 128 valence electrons. The molecular formula is C19H23NO4. The van der Waals surface area contributed by atoms with Crippen molar-refractivity contribution in [2.24, 2.45) is 5.41 Å². The van der Waals surface area contributed by atoms with Gasteiger partial charge in [-0.1, -0.05) is 18.2 Å². The van der Waals surface area contributed by atoms with Crippen LogP contribution in [0.3, 0.4) is 0 Å². The molecule has 0 amide bonds. The Balaban J connectivity index is 1.71. The van der Waals surface area contributed by atoms with E-state index >= 15 is 0 Å². The minimum absolute atomic E-state index is 0.180. The van der Waals surface area contributed by atoms with Gasteiger partial charge in [-0.3, -0.25) is 9.59 Å². The van der Waals surface area contributed by atoms with Crippen LogP contribution in [0.15, 0.2) is 30.3 Å². The van der Waals surface area contributed by atoms with Crippen molar-refractivity contribution in [3.05, 3.63) is 35.9 Å². The lowest BCUT2D eigenvalue weighted by Gasteiger charge is -2.24. The first-order chi connectivity index (χ1) is 11.6. The average molecular weight is 329 g/mol. The van der Waals surface area contributed by atoms with Crippen LogP contribution in [0.2, 0.25) is 0 Å². The highest BCUT2D eigenvalue weighted by Crippen LogP contribution is 2.36. The smallest absolute Gasteiger partial charge is 0.320 e. The van der Waals surface area contributed by atoms with Gasteiger partial charge in [0.1, 0.15) is 11.2 Å². The molecular weight excluding hydrogens is 306 g/mol. The Morgan fingerprint density at radius 1 is 1.25 bits per heavy atom. The van der Waals surface area contributed by atoms with E-state index in [-0.39, 0.29) is 17.5 Å². The van der Waals surface area contributed by atoms with Gasteiger partial charge in [0, 0.05) is 6.42 Å². The van der Waals surface area contributed by atoms with Crippen LogP contribution >= 0.6 is 0 Å². The summed E-state index contributed by atoms with van der Waals surface area (Å²) in [7, 11) is 0. The summed E-state index contributed by atoms with van der Waals surface area (Å²) >= 11 is 0. The van der Waals surface area contributed by atoms with Crippen LogP contribution in [0.25, 0.3) is 6.08 Å². The third-order valence-electron chi connectivity index (χ3n) is 5.00. The summed E-state index contributed by atoms with van der Waals surface area (Å²) in [4.78, 5) is 27.3. The van der Waals surface area contributed by atoms with Crippen molar-refractivity contribution in [2.45, 2.75) is 25.7 Å². The number of esters is 1. The number of hydrogen-bond acceptors (Lipinski definition) is 5. The van der Waals surface area contributed by atoms with Crippen LogP contribution in [-0.4, -0.2) is 48.0 Å². The number of ketones is 1. The van der Waals surface area contributed by atoms with Gasteiger partial charge >= 0.3 is 5.97 Å². The zero-order valence-corrected chi connectivity index (χ0v) is 13.7. The fraction of sp³-hybridized carbons (Fsp3) is 0.474. The van der Waals surface area contributed by atoms with Gasteiger partial charge in [0.25, 0.3) is 0 Å². The highest BCUT2D eigenvalue weighted by molar-refractivity contribution is 6.11. The molecule has 3 rings (SSSR count). The van der Waals surface area contributed by atoms with E-state index in [0.29, 0.717) is 19.4 Å². The van der Waals surface area contributed by atoms with Crippen LogP contribution in [0.5, 0.6) is 5.75 Å². The number of benzene rings is 1. The summed E-state index contributed by atoms with van der Waals surface area (Å²) < 4.78 is 5.13. The van der Waals surface area contributed by atoms with Crippen molar-refractivity contribution < 1.29 is 19.4 Å². The number of phenols is 1. The second kappa shape index (κ2) is 7.18. The standard InChI is InChI=1S/C19H23NO4/c21-16-6-3-15(4-7-16)5-8-17(22)19(10-14-24-18(19)23)9-13-20-11-1-2-12-20/h3-8,21H,1-2,9-14H2/b8-5+. The Bertz CT molecular complexity index is 631. The third kappa shape index (κ3) is 3.51. The summed E-state index contributed by atoms with van der Waals surface area (Å²) in [6.07, 6.45) is 6.51. The van der Waals surface area contributed by atoms with Gasteiger partial charge in [0.2, 0.25) is 0 Å². The van der Waals surface area contributed by atoms with E-state index in [1.165, 1.54) is 18.9 Å². The fourth-order valence-electron chi connectivity index (χ4n) is 3.40. The van der Waals surface area contributed by atoms with E-state index in [4.69, 9.17) is 4.74 Å². The van der Waals surface area contributed by atoms with E-state index < -0.39 is 5.41 Å². The van der Waals surface area contributed by atoms with E-state index in [2.05, 4.69) is 4.90 Å². The molecule has 0 saturated carbocycles. The normalized spacial score (nSPS) is 24.6. The molecule has 0 bridgehead atoms. The van der Waals surface area contributed by atoms with Gasteiger partial charge in [0.05, 0.1) is 6.61 Å². The molecule has 1 N–H and O–H groups in total. The van der Waals surface area contributed by atoms with Gasteiger partial charge in [-0.15, -0.1) is 0 Å². The average Bonchev–Trinajstić information content (AvgIpc) is 3.22. The van der Waals surface area contributed by atoms with Crippen molar-refractivity contribution in [1.29, 1.82) is 0 Å². The van der Waals surface area contributed by atoms with Gasteiger partial charge in [-0.2, -0.15) is 0 Å². The lowest BCUT2D eigenvalue weighted by Crippen LogP contribution is -2.38. The minimum Gasteiger partial charge on any atom is -0.508 e.